The molecule has 3 fully saturated rings. The summed E-state index contributed by atoms with van der Waals surface area (Å²) in [5.74, 6) is 1.69. The summed E-state index contributed by atoms with van der Waals surface area (Å²) in [6.45, 7) is 2.28. The number of carbonyl (C=O) groups excluding carboxylic acids is 1. The third kappa shape index (κ3) is 3.85. The van der Waals surface area contributed by atoms with Crippen LogP contribution in [0.5, 0.6) is 0 Å². The number of nitrogens with one attached hydrogen (secondary N) is 1. The SMILES string of the molecule is O=C(N[C@@H]1C[C@H]2CC[C@@H]1C2)C1CCN(Cc2ccc(Cl)cc2F)CC1. The van der Waals surface area contributed by atoms with Gasteiger partial charge in [-0.05, 0) is 69.2 Å². The molecule has 3 atom stereocenters. The number of rotatable bonds is 4. The van der Waals surface area contributed by atoms with Crippen LogP contribution in [-0.2, 0) is 11.3 Å². The van der Waals surface area contributed by atoms with Crippen LogP contribution in [0.1, 0.15) is 44.1 Å². The molecule has 25 heavy (non-hydrogen) atoms. The monoisotopic (exact) mass is 364 g/mol. The zero-order valence-corrected chi connectivity index (χ0v) is 15.3. The van der Waals surface area contributed by atoms with Crippen molar-refractivity contribution in [3.05, 3.63) is 34.6 Å². The molecule has 1 aromatic carbocycles. The number of fused-ring (bicyclic) bond motifs is 2. The van der Waals surface area contributed by atoms with Gasteiger partial charge in [-0.15, -0.1) is 0 Å². The fourth-order valence-electron chi connectivity index (χ4n) is 4.97. The number of carbonyl (C=O) groups is 1. The van der Waals surface area contributed by atoms with Gasteiger partial charge in [0.1, 0.15) is 5.82 Å². The Kier molecular flexibility index (Phi) is 5.01. The highest BCUT2D eigenvalue weighted by molar-refractivity contribution is 6.30. The number of hydrogen-bond donors (Lipinski definition) is 1. The average Bonchev–Trinajstić information content (AvgIpc) is 3.21. The first kappa shape index (κ1) is 17.3. The second kappa shape index (κ2) is 7.24. The maximum absolute atomic E-state index is 13.9. The van der Waals surface area contributed by atoms with Crippen LogP contribution in [0.2, 0.25) is 5.02 Å². The smallest absolute Gasteiger partial charge is 0.223 e. The predicted octanol–water partition coefficient (Wildman–Crippen LogP) is 4.00. The van der Waals surface area contributed by atoms with Crippen LogP contribution in [0.3, 0.4) is 0 Å². The van der Waals surface area contributed by atoms with E-state index in [2.05, 4.69) is 10.2 Å². The van der Waals surface area contributed by atoms with Crippen molar-refractivity contribution in [2.45, 2.75) is 51.1 Å². The Morgan fingerprint density at radius 1 is 1.20 bits per heavy atom. The summed E-state index contributed by atoms with van der Waals surface area (Å²) >= 11 is 5.81. The van der Waals surface area contributed by atoms with Crippen molar-refractivity contribution < 1.29 is 9.18 Å². The summed E-state index contributed by atoms with van der Waals surface area (Å²) in [5.41, 5.74) is 0.675. The second-order valence-corrected chi connectivity index (χ2v) is 8.51. The van der Waals surface area contributed by atoms with Crippen LogP contribution in [0.4, 0.5) is 4.39 Å². The normalized spacial score (nSPS) is 29.9. The highest BCUT2D eigenvalue weighted by atomic mass is 35.5. The average molecular weight is 365 g/mol. The number of amides is 1. The molecule has 1 saturated heterocycles. The summed E-state index contributed by atoms with van der Waals surface area (Å²) < 4.78 is 13.9. The molecule has 0 spiro atoms. The van der Waals surface area contributed by atoms with Gasteiger partial charge in [0.15, 0.2) is 0 Å². The van der Waals surface area contributed by atoms with E-state index in [1.807, 2.05) is 0 Å². The molecule has 2 aliphatic carbocycles. The maximum atomic E-state index is 13.9. The molecule has 0 aromatic heterocycles. The Bertz CT molecular complexity index is 645. The standard InChI is InChI=1S/C20H26ClFN2O/c21-17-4-3-16(18(22)11-17)12-24-7-5-14(6-8-24)20(25)23-19-10-13-1-2-15(19)9-13/h3-4,11,13-15,19H,1-2,5-10,12H2,(H,23,25)/t13-,15+,19+/m0/s1. The lowest BCUT2D eigenvalue weighted by atomic mass is 9.92. The molecule has 0 radical (unpaired) electrons. The molecular weight excluding hydrogens is 339 g/mol. The minimum atomic E-state index is -0.247. The maximum Gasteiger partial charge on any atom is 0.223 e. The van der Waals surface area contributed by atoms with Crippen molar-refractivity contribution in [3.63, 3.8) is 0 Å². The Morgan fingerprint density at radius 3 is 2.64 bits per heavy atom. The quantitative estimate of drug-likeness (QED) is 0.875. The van der Waals surface area contributed by atoms with Gasteiger partial charge in [-0.3, -0.25) is 9.69 Å². The van der Waals surface area contributed by atoms with Crippen LogP contribution in [0.15, 0.2) is 18.2 Å². The van der Waals surface area contributed by atoms with Gasteiger partial charge in [-0.2, -0.15) is 0 Å². The highest BCUT2D eigenvalue weighted by Crippen LogP contribution is 2.44. The molecule has 0 unspecified atom stereocenters. The van der Waals surface area contributed by atoms with Crippen LogP contribution in [0.25, 0.3) is 0 Å². The summed E-state index contributed by atoms with van der Waals surface area (Å²) in [7, 11) is 0. The van der Waals surface area contributed by atoms with Gasteiger partial charge in [0.25, 0.3) is 0 Å². The van der Waals surface area contributed by atoms with E-state index in [0.717, 1.165) is 37.8 Å². The minimum absolute atomic E-state index is 0.116. The lowest BCUT2D eigenvalue weighted by Gasteiger charge is -2.33. The van der Waals surface area contributed by atoms with Gasteiger partial charge in [0.05, 0.1) is 0 Å². The molecule has 1 aliphatic heterocycles. The van der Waals surface area contributed by atoms with Crippen LogP contribution in [0, 0.1) is 23.6 Å². The van der Waals surface area contributed by atoms with E-state index in [0.29, 0.717) is 23.2 Å². The molecule has 4 rings (SSSR count). The van der Waals surface area contributed by atoms with Crippen molar-refractivity contribution >= 4 is 17.5 Å². The first-order valence-electron chi connectivity index (χ1n) is 9.55. The van der Waals surface area contributed by atoms with Crippen molar-refractivity contribution in [1.82, 2.24) is 10.2 Å². The zero-order chi connectivity index (χ0) is 17.4. The lowest BCUT2D eigenvalue weighted by molar-refractivity contribution is -0.127. The van der Waals surface area contributed by atoms with Crippen LogP contribution >= 0.6 is 11.6 Å². The first-order valence-corrected chi connectivity index (χ1v) is 9.93. The van der Waals surface area contributed by atoms with Crippen LogP contribution < -0.4 is 5.32 Å². The van der Waals surface area contributed by atoms with Gasteiger partial charge < -0.3 is 5.32 Å². The van der Waals surface area contributed by atoms with Gasteiger partial charge in [-0.1, -0.05) is 24.1 Å². The number of hydrogen-bond acceptors (Lipinski definition) is 2. The van der Waals surface area contributed by atoms with Crippen LogP contribution in [-0.4, -0.2) is 29.9 Å². The highest BCUT2D eigenvalue weighted by Gasteiger charge is 2.40. The lowest BCUT2D eigenvalue weighted by Crippen LogP contribution is -2.45. The first-order chi connectivity index (χ1) is 12.1. The Morgan fingerprint density at radius 2 is 2.00 bits per heavy atom. The number of benzene rings is 1. The van der Waals surface area contributed by atoms with E-state index >= 15 is 0 Å². The molecule has 1 amide bonds. The third-order valence-electron chi connectivity index (χ3n) is 6.43. The summed E-state index contributed by atoms with van der Waals surface area (Å²) in [6, 6.07) is 5.28. The number of halogens is 2. The molecule has 136 valence electrons. The molecule has 1 aromatic rings. The number of piperidine rings is 1. The van der Waals surface area contributed by atoms with E-state index in [-0.39, 0.29) is 17.6 Å². The molecule has 3 nitrogen and oxygen atoms in total. The molecule has 1 heterocycles. The third-order valence-corrected chi connectivity index (χ3v) is 6.67. The Labute approximate surface area is 153 Å². The Balaban J connectivity index is 1.26. The van der Waals surface area contributed by atoms with E-state index < -0.39 is 0 Å². The van der Waals surface area contributed by atoms with E-state index in [1.54, 1.807) is 12.1 Å². The Hall–Kier alpha value is -1.13. The van der Waals surface area contributed by atoms with Crippen molar-refractivity contribution in [3.8, 4) is 0 Å². The number of nitrogens with zero attached hydrogens (tertiary/aromatic N) is 1. The largest absolute Gasteiger partial charge is 0.353 e. The minimum Gasteiger partial charge on any atom is -0.353 e. The molecule has 2 bridgehead atoms. The van der Waals surface area contributed by atoms with E-state index in [9.17, 15) is 9.18 Å². The molecule has 2 saturated carbocycles. The molecule has 3 aliphatic rings. The molecule has 5 heteroatoms. The van der Waals surface area contributed by atoms with Crippen molar-refractivity contribution in [2.75, 3.05) is 13.1 Å². The predicted molar refractivity (Wildman–Crippen MR) is 96.8 cm³/mol. The summed E-state index contributed by atoms with van der Waals surface area (Å²) in [5, 5.41) is 3.76. The fraction of sp³-hybridized carbons (Fsp3) is 0.650. The van der Waals surface area contributed by atoms with Gasteiger partial charge >= 0.3 is 0 Å². The molecule has 1 N–H and O–H groups in total. The summed E-state index contributed by atoms with van der Waals surface area (Å²) in [6.07, 6.45) is 6.88. The van der Waals surface area contributed by atoms with E-state index in [1.165, 1.54) is 31.7 Å². The number of likely N-dealkylation sites (tertiary alicyclic amines) is 1. The van der Waals surface area contributed by atoms with E-state index in [4.69, 9.17) is 11.6 Å². The van der Waals surface area contributed by atoms with Gasteiger partial charge in [0, 0.05) is 29.1 Å². The summed E-state index contributed by atoms with van der Waals surface area (Å²) in [4.78, 5) is 14.8. The van der Waals surface area contributed by atoms with Gasteiger partial charge in [-0.25, -0.2) is 4.39 Å². The van der Waals surface area contributed by atoms with Gasteiger partial charge in [0.2, 0.25) is 5.91 Å². The fourth-order valence-corrected chi connectivity index (χ4v) is 5.12. The second-order valence-electron chi connectivity index (χ2n) is 8.08. The van der Waals surface area contributed by atoms with Crippen molar-refractivity contribution in [1.29, 1.82) is 0 Å². The van der Waals surface area contributed by atoms with Crippen molar-refractivity contribution in [2.24, 2.45) is 17.8 Å². The molecular formula is C20H26ClFN2O. The topological polar surface area (TPSA) is 32.3 Å². The zero-order valence-electron chi connectivity index (χ0n) is 14.5.